The van der Waals surface area contributed by atoms with Crippen molar-refractivity contribution >= 4 is 11.9 Å². The molecule has 0 aromatic heterocycles. The summed E-state index contributed by atoms with van der Waals surface area (Å²) in [4.78, 5) is 11.7. The van der Waals surface area contributed by atoms with Crippen molar-refractivity contribution in [2.24, 2.45) is 16.8 Å². The van der Waals surface area contributed by atoms with E-state index < -0.39 is 11.6 Å². The van der Waals surface area contributed by atoms with Crippen molar-refractivity contribution in [1.82, 2.24) is 5.32 Å². The maximum Gasteiger partial charge on any atom is 0.407 e. The number of nitrogens with two attached hydrogens (primary N) is 1. The smallest absolute Gasteiger partial charge is 0.407 e. The van der Waals surface area contributed by atoms with Crippen molar-refractivity contribution in [3.8, 4) is 0 Å². The molecule has 1 rings (SSSR count). The first-order chi connectivity index (χ1) is 8.50. The van der Waals surface area contributed by atoms with Gasteiger partial charge in [-0.3, -0.25) is 0 Å². The highest BCUT2D eigenvalue weighted by Gasteiger charge is 2.38. The molecule has 0 aliphatic heterocycles. The van der Waals surface area contributed by atoms with Gasteiger partial charge in [-0.2, -0.15) is 0 Å². The molecule has 0 atom stereocenters. The Balaban J connectivity index is 2.64. The molecule has 1 amide bonds. The molecule has 1 aliphatic rings. The summed E-state index contributed by atoms with van der Waals surface area (Å²) < 4.78 is 5.08. The van der Waals surface area contributed by atoms with Crippen LogP contribution in [0.5, 0.6) is 0 Å². The van der Waals surface area contributed by atoms with E-state index in [4.69, 9.17) is 15.7 Å². The average molecular weight is 257 g/mol. The number of hydrogen-bond donors (Lipinski definition) is 3. The fourth-order valence-electron chi connectivity index (χ4n) is 2.17. The highest BCUT2D eigenvalue weighted by Crippen LogP contribution is 2.28. The van der Waals surface area contributed by atoms with E-state index in [-0.39, 0.29) is 11.8 Å². The number of rotatable bonds is 4. The number of oxime groups is 1. The molecular weight excluding hydrogens is 234 g/mol. The van der Waals surface area contributed by atoms with Gasteiger partial charge in [0.25, 0.3) is 0 Å². The monoisotopic (exact) mass is 257 g/mol. The zero-order chi connectivity index (χ0) is 13.6. The SMILES string of the molecule is CC(C)COC(=O)NC1(/C(N)=N/O)CCCCC1. The lowest BCUT2D eigenvalue weighted by Gasteiger charge is -2.36. The van der Waals surface area contributed by atoms with Crippen LogP contribution in [0.2, 0.25) is 0 Å². The number of hydrogen-bond acceptors (Lipinski definition) is 4. The second-order valence-electron chi connectivity index (χ2n) is 5.25. The lowest BCUT2D eigenvalue weighted by atomic mass is 9.81. The molecule has 0 saturated heterocycles. The van der Waals surface area contributed by atoms with E-state index in [9.17, 15) is 4.79 Å². The molecule has 1 saturated carbocycles. The van der Waals surface area contributed by atoms with Crippen LogP contribution in [-0.2, 0) is 4.74 Å². The zero-order valence-corrected chi connectivity index (χ0v) is 11.1. The van der Waals surface area contributed by atoms with Gasteiger partial charge in [-0.1, -0.05) is 38.3 Å². The first-order valence-corrected chi connectivity index (χ1v) is 6.43. The Hall–Kier alpha value is -1.46. The summed E-state index contributed by atoms with van der Waals surface area (Å²) in [6.45, 7) is 4.29. The van der Waals surface area contributed by atoms with Crippen LogP contribution >= 0.6 is 0 Å². The zero-order valence-electron chi connectivity index (χ0n) is 11.1. The van der Waals surface area contributed by atoms with E-state index in [2.05, 4.69) is 10.5 Å². The minimum Gasteiger partial charge on any atom is -0.449 e. The molecule has 104 valence electrons. The normalized spacial score (nSPS) is 19.6. The van der Waals surface area contributed by atoms with Crippen molar-refractivity contribution < 1.29 is 14.7 Å². The molecular formula is C12H23N3O3. The van der Waals surface area contributed by atoms with E-state index in [0.29, 0.717) is 19.4 Å². The van der Waals surface area contributed by atoms with E-state index >= 15 is 0 Å². The summed E-state index contributed by atoms with van der Waals surface area (Å²) in [6, 6.07) is 0. The Kier molecular flexibility index (Phi) is 5.25. The Labute approximate surface area is 108 Å². The van der Waals surface area contributed by atoms with Crippen molar-refractivity contribution in [3.63, 3.8) is 0 Å². The highest BCUT2D eigenvalue weighted by molar-refractivity contribution is 5.92. The molecule has 1 aliphatic carbocycles. The predicted octanol–water partition coefficient (Wildman–Crippen LogP) is 1.82. The van der Waals surface area contributed by atoms with Gasteiger partial charge in [0.1, 0.15) is 5.54 Å². The maximum absolute atomic E-state index is 11.7. The number of amides is 1. The molecule has 0 aromatic rings. The second kappa shape index (κ2) is 6.47. The molecule has 1 fully saturated rings. The predicted molar refractivity (Wildman–Crippen MR) is 68.5 cm³/mol. The molecule has 6 nitrogen and oxygen atoms in total. The summed E-state index contributed by atoms with van der Waals surface area (Å²) >= 11 is 0. The van der Waals surface area contributed by atoms with Crippen LogP contribution in [0.1, 0.15) is 46.0 Å². The molecule has 0 aromatic carbocycles. The van der Waals surface area contributed by atoms with Crippen molar-refractivity contribution in [2.45, 2.75) is 51.5 Å². The molecule has 6 heteroatoms. The topological polar surface area (TPSA) is 96.9 Å². The van der Waals surface area contributed by atoms with Crippen molar-refractivity contribution in [3.05, 3.63) is 0 Å². The quantitative estimate of drug-likeness (QED) is 0.310. The van der Waals surface area contributed by atoms with Gasteiger partial charge in [-0.15, -0.1) is 0 Å². The largest absolute Gasteiger partial charge is 0.449 e. The van der Waals surface area contributed by atoms with Gasteiger partial charge in [-0.05, 0) is 18.8 Å². The molecule has 0 radical (unpaired) electrons. The Bertz CT molecular complexity index is 310. The van der Waals surface area contributed by atoms with E-state index in [0.717, 1.165) is 19.3 Å². The number of amidine groups is 1. The summed E-state index contributed by atoms with van der Waals surface area (Å²) in [5.74, 6) is 0.339. The lowest BCUT2D eigenvalue weighted by Crippen LogP contribution is -2.58. The van der Waals surface area contributed by atoms with Crippen LogP contribution in [0, 0.1) is 5.92 Å². The van der Waals surface area contributed by atoms with Gasteiger partial charge in [0, 0.05) is 0 Å². The van der Waals surface area contributed by atoms with Gasteiger partial charge >= 0.3 is 6.09 Å². The molecule has 0 bridgehead atoms. The van der Waals surface area contributed by atoms with Crippen molar-refractivity contribution in [1.29, 1.82) is 0 Å². The van der Waals surface area contributed by atoms with Crippen LogP contribution in [0.4, 0.5) is 4.79 Å². The number of carbonyl (C=O) groups is 1. The van der Waals surface area contributed by atoms with Crippen LogP contribution < -0.4 is 11.1 Å². The van der Waals surface area contributed by atoms with Gasteiger partial charge in [-0.25, -0.2) is 4.79 Å². The van der Waals surface area contributed by atoms with Crippen LogP contribution in [-0.4, -0.2) is 29.3 Å². The van der Waals surface area contributed by atoms with E-state index in [1.807, 2.05) is 13.8 Å². The highest BCUT2D eigenvalue weighted by atomic mass is 16.5. The Morgan fingerprint density at radius 2 is 2.06 bits per heavy atom. The first kappa shape index (κ1) is 14.6. The van der Waals surface area contributed by atoms with Crippen LogP contribution in [0.15, 0.2) is 5.16 Å². The summed E-state index contributed by atoms with van der Waals surface area (Å²) in [5, 5.41) is 14.7. The first-order valence-electron chi connectivity index (χ1n) is 6.43. The molecule has 0 unspecified atom stereocenters. The Morgan fingerprint density at radius 1 is 1.44 bits per heavy atom. The minimum absolute atomic E-state index is 0.0590. The number of ether oxygens (including phenoxy) is 1. The van der Waals surface area contributed by atoms with Gasteiger partial charge in [0.15, 0.2) is 5.84 Å². The van der Waals surface area contributed by atoms with Gasteiger partial charge in [0.05, 0.1) is 6.61 Å². The van der Waals surface area contributed by atoms with Crippen molar-refractivity contribution in [2.75, 3.05) is 6.61 Å². The minimum atomic E-state index is -0.749. The summed E-state index contributed by atoms with van der Waals surface area (Å²) in [5.41, 5.74) is 4.97. The standard InChI is InChI=1S/C12H23N3O3/c1-9(2)8-18-11(16)14-12(10(13)15-17)6-4-3-5-7-12/h9,17H,3-8H2,1-2H3,(H2,13,15)(H,14,16). The van der Waals surface area contributed by atoms with E-state index in [1.165, 1.54) is 0 Å². The van der Waals surface area contributed by atoms with Crippen LogP contribution in [0.25, 0.3) is 0 Å². The average Bonchev–Trinajstić information content (AvgIpc) is 2.36. The molecule has 0 heterocycles. The second-order valence-corrected chi connectivity index (χ2v) is 5.25. The summed E-state index contributed by atoms with van der Waals surface area (Å²) in [7, 11) is 0. The Morgan fingerprint density at radius 3 is 2.56 bits per heavy atom. The molecule has 0 spiro atoms. The number of alkyl carbamates (subject to hydrolysis) is 1. The third kappa shape index (κ3) is 3.78. The number of nitrogens with one attached hydrogen (secondary N) is 1. The summed E-state index contributed by atoms with van der Waals surface area (Å²) in [6.07, 6.45) is 3.85. The van der Waals surface area contributed by atoms with E-state index in [1.54, 1.807) is 0 Å². The fourth-order valence-corrected chi connectivity index (χ4v) is 2.17. The van der Waals surface area contributed by atoms with Crippen LogP contribution in [0.3, 0.4) is 0 Å². The maximum atomic E-state index is 11.7. The third-order valence-corrected chi connectivity index (χ3v) is 3.19. The third-order valence-electron chi connectivity index (χ3n) is 3.19. The fraction of sp³-hybridized carbons (Fsp3) is 0.833. The van der Waals surface area contributed by atoms with Gasteiger partial charge in [0.2, 0.25) is 0 Å². The lowest BCUT2D eigenvalue weighted by molar-refractivity contribution is 0.121. The number of carbonyl (C=O) groups excluding carboxylic acids is 1. The van der Waals surface area contributed by atoms with Gasteiger partial charge < -0.3 is 21.0 Å². The molecule has 18 heavy (non-hydrogen) atoms. The molecule has 4 N–H and O–H groups in total. The number of nitrogens with zero attached hydrogens (tertiary/aromatic N) is 1.